The summed E-state index contributed by atoms with van der Waals surface area (Å²) >= 11 is 0. The Hall–Kier alpha value is -2.07. The van der Waals surface area contributed by atoms with Crippen molar-refractivity contribution in [3.05, 3.63) is 60.1 Å². The Morgan fingerprint density at radius 3 is 2.73 bits per heavy atom. The minimum atomic E-state index is 0.270. The molecule has 1 atom stereocenters. The average molecular weight is 352 g/mol. The second-order valence-electron chi connectivity index (χ2n) is 8.00. The molecule has 2 aromatic rings. The third-order valence-electron chi connectivity index (χ3n) is 5.99. The third-order valence-corrected chi connectivity index (χ3v) is 5.99. The minimum absolute atomic E-state index is 0.270. The van der Waals surface area contributed by atoms with Crippen LogP contribution in [-0.2, 0) is 17.8 Å². The number of likely N-dealkylation sites (tertiary alicyclic amines) is 2. The topological polar surface area (TPSA) is 36.7 Å². The van der Waals surface area contributed by atoms with Gasteiger partial charge in [0.25, 0.3) is 0 Å². The molecule has 0 aliphatic carbocycles. The minimum Gasteiger partial charge on any atom is -0.472 e. The molecule has 2 fully saturated rings. The zero-order valence-electron chi connectivity index (χ0n) is 15.4. The van der Waals surface area contributed by atoms with E-state index in [1.807, 2.05) is 12.3 Å². The van der Waals surface area contributed by atoms with Gasteiger partial charge in [-0.1, -0.05) is 30.3 Å². The highest BCUT2D eigenvalue weighted by atomic mass is 16.3. The van der Waals surface area contributed by atoms with Crippen molar-refractivity contribution >= 4 is 5.91 Å². The molecule has 26 heavy (non-hydrogen) atoms. The lowest BCUT2D eigenvalue weighted by Gasteiger charge is -2.48. The van der Waals surface area contributed by atoms with E-state index in [2.05, 4.69) is 40.1 Å². The van der Waals surface area contributed by atoms with Crippen LogP contribution in [-0.4, -0.2) is 41.9 Å². The summed E-state index contributed by atoms with van der Waals surface area (Å²) in [5.41, 5.74) is 2.83. The molecule has 1 aromatic carbocycles. The molecule has 4 nitrogen and oxygen atoms in total. The molecule has 0 radical (unpaired) electrons. The van der Waals surface area contributed by atoms with E-state index in [0.29, 0.717) is 12.3 Å². The molecular formula is C22H28N2O2. The first-order chi connectivity index (χ1) is 12.7. The van der Waals surface area contributed by atoms with Crippen molar-refractivity contribution in [3.63, 3.8) is 0 Å². The quantitative estimate of drug-likeness (QED) is 0.823. The monoisotopic (exact) mass is 352 g/mol. The maximum absolute atomic E-state index is 12.5. The first-order valence-electron chi connectivity index (χ1n) is 9.78. The second-order valence-corrected chi connectivity index (χ2v) is 8.00. The molecule has 4 rings (SSSR count). The Labute approximate surface area is 155 Å². The molecule has 1 amide bonds. The lowest BCUT2D eigenvalue weighted by atomic mass is 9.73. The van der Waals surface area contributed by atoms with Gasteiger partial charge in [0.2, 0.25) is 5.91 Å². The van der Waals surface area contributed by atoms with Crippen molar-refractivity contribution < 1.29 is 9.21 Å². The van der Waals surface area contributed by atoms with Crippen molar-refractivity contribution in [2.24, 2.45) is 5.41 Å². The number of carbonyl (C=O) groups is 1. The van der Waals surface area contributed by atoms with Crippen molar-refractivity contribution in [2.45, 2.75) is 38.6 Å². The first kappa shape index (κ1) is 17.3. The van der Waals surface area contributed by atoms with Crippen LogP contribution in [0, 0.1) is 5.41 Å². The van der Waals surface area contributed by atoms with Gasteiger partial charge in [0, 0.05) is 43.6 Å². The first-order valence-corrected chi connectivity index (χ1v) is 9.78. The number of benzene rings is 1. The highest BCUT2D eigenvalue weighted by Crippen LogP contribution is 2.39. The Morgan fingerprint density at radius 2 is 1.92 bits per heavy atom. The van der Waals surface area contributed by atoms with Gasteiger partial charge in [0.05, 0.1) is 12.5 Å². The number of rotatable bonds is 5. The Balaban J connectivity index is 1.38. The number of hydrogen-bond donors (Lipinski definition) is 0. The summed E-state index contributed by atoms with van der Waals surface area (Å²) in [5.74, 6) is 0.332. The van der Waals surface area contributed by atoms with Gasteiger partial charge in [0.1, 0.15) is 0 Å². The molecular weight excluding hydrogens is 324 g/mol. The van der Waals surface area contributed by atoms with Gasteiger partial charge >= 0.3 is 0 Å². The van der Waals surface area contributed by atoms with Gasteiger partial charge in [-0.25, -0.2) is 0 Å². The van der Waals surface area contributed by atoms with Gasteiger partial charge in [-0.05, 0) is 43.9 Å². The summed E-state index contributed by atoms with van der Waals surface area (Å²) in [5, 5.41) is 0. The fraction of sp³-hybridized carbons (Fsp3) is 0.500. The van der Waals surface area contributed by atoms with E-state index in [1.54, 1.807) is 6.26 Å². The molecule has 0 unspecified atom stereocenters. The van der Waals surface area contributed by atoms with E-state index in [-0.39, 0.29) is 5.41 Å². The Kier molecular flexibility index (Phi) is 5.11. The average Bonchev–Trinajstić information content (AvgIpc) is 3.17. The lowest BCUT2D eigenvalue weighted by Crippen LogP contribution is -2.54. The Morgan fingerprint density at radius 1 is 1.04 bits per heavy atom. The molecule has 4 heteroatoms. The lowest BCUT2D eigenvalue weighted by molar-refractivity contribution is -0.139. The molecule has 2 aliphatic rings. The van der Waals surface area contributed by atoms with E-state index in [0.717, 1.165) is 45.6 Å². The molecule has 138 valence electrons. The molecule has 1 aromatic heterocycles. The van der Waals surface area contributed by atoms with Crippen molar-refractivity contribution in [1.82, 2.24) is 9.80 Å². The van der Waals surface area contributed by atoms with Crippen LogP contribution in [0.2, 0.25) is 0 Å². The van der Waals surface area contributed by atoms with Crippen LogP contribution in [0.15, 0.2) is 53.3 Å². The van der Waals surface area contributed by atoms with Gasteiger partial charge in [-0.2, -0.15) is 0 Å². The number of carbonyl (C=O) groups excluding carboxylic acids is 1. The SMILES string of the molecule is O=C1CC[C@@]2(CCCN(Cc3ccoc3)C2)CN1CCc1ccccc1. The fourth-order valence-corrected chi connectivity index (χ4v) is 4.63. The molecule has 2 aliphatic heterocycles. The van der Waals surface area contributed by atoms with E-state index in [4.69, 9.17) is 4.42 Å². The number of furan rings is 1. The summed E-state index contributed by atoms with van der Waals surface area (Å²) < 4.78 is 5.22. The van der Waals surface area contributed by atoms with E-state index < -0.39 is 0 Å². The molecule has 2 saturated heterocycles. The van der Waals surface area contributed by atoms with Crippen molar-refractivity contribution in [3.8, 4) is 0 Å². The number of piperidine rings is 2. The van der Waals surface area contributed by atoms with E-state index in [9.17, 15) is 4.79 Å². The highest BCUT2D eigenvalue weighted by Gasteiger charge is 2.41. The van der Waals surface area contributed by atoms with Crippen molar-refractivity contribution in [2.75, 3.05) is 26.2 Å². The smallest absolute Gasteiger partial charge is 0.222 e. The van der Waals surface area contributed by atoms with Crippen LogP contribution in [0.3, 0.4) is 0 Å². The highest BCUT2D eigenvalue weighted by molar-refractivity contribution is 5.77. The molecule has 0 N–H and O–H groups in total. The third kappa shape index (κ3) is 4.01. The van der Waals surface area contributed by atoms with Gasteiger partial charge in [-0.3, -0.25) is 9.69 Å². The zero-order chi connectivity index (χ0) is 17.8. The van der Waals surface area contributed by atoms with E-state index in [1.165, 1.54) is 24.0 Å². The van der Waals surface area contributed by atoms with Crippen LogP contribution >= 0.6 is 0 Å². The van der Waals surface area contributed by atoms with E-state index >= 15 is 0 Å². The normalized spacial score (nSPS) is 24.3. The predicted octanol–water partition coefficient (Wildman–Crippen LogP) is 3.73. The predicted molar refractivity (Wildman–Crippen MR) is 102 cm³/mol. The summed E-state index contributed by atoms with van der Waals surface area (Å²) in [6.07, 6.45) is 8.74. The maximum atomic E-state index is 12.5. The standard InChI is InChI=1S/C22H28N2O2/c25-21-7-11-22(18-24(21)13-8-19-5-2-1-3-6-19)10-4-12-23(17-22)15-20-9-14-26-16-20/h1-3,5-6,9,14,16H,4,7-8,10-13,15,17-18H2/t22-/m1/s1. The van der Waals surface area contributed by atoms with Crippen LogP contribution in [0.5, 0.6) is 0 Å². The fourth-order valence-electron chi connectivity index (χ4n) is 4.63. The molecule has 1 spiro atoms. The van der Waals surface area contributed by atoms with Gasteiger partial charge in [-0.15, -0.1) is 0 Å². The zero-order valence-corrected chi connectivity index (χ0v) is 15.4. The van der Waals surface area contributed by atoms with Gasteiger partial charge in [0.15, 0.2) is 0 Å². The van der Waals surface area contributed by atoms with Crippen LogP contribution in [0.4, 0.5) is 0 Å². The van der Waals surface area contributed by atoms with Crippen molar-refractivity contribution in [1.29, 1.82) is 0 Å². The van der Waals surface area contributed by atoms with Crippen LogP contribution < -0.4 is 0 Å². The molecule has 3 heterocycles. The maximum Gasteiger partial charge on any atom is 0.222 e. The van der Waals surface area contributed by atoms with Crippen LogP contribution in [0.1, 0.15) is 36.8 Å². The Bertz CT molecular complexity index is 713. The largest absolute Gasteiger partial charge is 0.472 e. The summed E-state index contributed by atoms with van der Waals surface area (Å²) in [6, 6.07) is 12.5. The van der Waals surface area contributed by atoms with Gasteiger partial charge < -0.3 is 9.32 Å². The number of hydrogen-bond acceptors (Lipinski definition) is 3. The van der Waals surface area contributed by atoms with Crippen LogP contribution in [0.25, 0.3) is 0 Å². The number of nitrogens with zero attached hydrogens (tertiary/aromatic N) is 2. The second kappa shape index (κ2) is 7.67. The molecule has 0 bridgehead atoms. The summed E-state index contributed by atoms with van der Waals surface area (Å²) in [7, 11) is 0. The summed E-state index contributed by atoms with van der Waals surface area (Å²) in [4.78, 5) is 17.1. The number of amides is 1. The summed E-state index contributed by atoms with van der Waals surface area (Å²) in [6.45, 7) is 4.95. The molecule has 0 saturated carbocycles.